The number of hydrogen-bond donors (Lipinski definition) is 1. The first-order valence-corrected chi connectivity index (χ1v) is 7.25. The maximum Gasteiger partial charge on any atom is 0.161 e. The van der Waals surface area contributed by atoms with Crippen molar-refractivity contribution in [2.45, 2.75) is 31.4 Å². The fourth-order valence-electron chi connectivity index (χ4n) is 2.68. The first-order valence-electron chi connectivity index (χ1n) is 7.25. The minimum Gasteiger partial charge on any atom is -0.488 e. The predicted octanol–water partition coefficient (Wildman–Crippen LogP) is 3.04. The largest absolute Gasteiger partial charge is 0.488 e. The molecule has 0 radical (unpaired) electrons. The summed E-state index contributed by atoms with van der Waals surface area (Å²) in [5.74, 6) is -0.696. The lowest BCUT2D eigenvalue weighted by molar-refractivity contribution is 0.196. The molecule has 1 N–H and O–H groups in total. The highest BCUT2D eigenvalue weighted by molar-refractivity contribution is 5.36. The van der Waals surface area contributed by atoms with E-state index in [0.29, 0.717) is 5.82 Å². The molecule has 2 atom stereocenters. The Balaban J connectivity index is 1.71. The number of nitrogens with zero attached hydrogens (tertiary/aromatic N) is 3. The molecule has 1 saturated carbocycles. The summed E-state index contributed by atoms with van der Waals surface area (Å²) in [4.78, 5) is 8.06. The van der Waals surface area contributed by atoms with Crippen molar-refractivity contribution in [2.75, 3.05) is 5.32 Å². The van der Waals surface area contributed by atoms with Crippen molar-refractivity contribution >= 4 is 5.82 Å². The molecule has 1 aromatic carbocycles. The van der Waals surface area contributed by atoms with E-state index in [2.05, 4.69) is 15.3 Å². The molecule has 118 valence electrons. The van der Waals surface area contributed by atoms with E-state index in [9.17, 15) is 8.78 Å². The van der Waals surface area contributed by atoms with Crippen molar-refractivity contribution < 1.29 is 13.5 Å². The smallest absolute Gasteiger partial charge is 0.161 e. The molecule has 23 heavy (non-hydrogen) atoms. The Hall–Kier alpha value is -2.75. The van der Waals surface area contributed by atoms with Gasteiger partial charge in [0.15, 0.2) is 5.69 Å². The number of nitrogens with one attached hydrogen (secondary N) is 1. The van der Waals surface area contributed by atoms with E-state index >= 15 is 0 Å². The second kappa shape index (κ2) is 6.57. The van der Waals surface area contributed by atoms with Crippen LogP contribution in [0.3, 0.4) is 0 Å². The van der Waals surface area contributed by atoms with Gasteiger partial charge in [-0.3, -0.25) is 4.98 Å². The van der Waals surface area contributed by atoms with Gasteiger partial charge in [-0.2, -0.15) is 5.26 Å². The second-order valence-corrected chi connectivity index (χ2v) is 5.34. The summed E-state index contributed by atoms with van der Waals surface area (Å²) >= 11 is 0. The van der Waals surface area contributed by atoms with E-state index in [1.54, 1.807) is 0 Å². The van der Waals surface area contributed by atoms with Crippen molar-refractivity contribution in [2.24, 2.45) is 0 Å². The second-order valence-electron chi connectivity index (χ2n) is 5.34. The van der Waals surface area contributed by atoms with Gasteiger partial charge in [0, 0.05) is 18.2 Å². The van der Waals surface area contributed by atoms with E-state index in [0.717, 1.165) is 37.5 Å². The predicted molar refractivity (Wildman–Crippen MR) is 78.8 cm³/mol. The van der Waals surface area contributed by atoms with Crippen LogP contribution in [0, 0.1) is 23.0 Å². The standard InChI is InChI=1S/C16H14F2N4O/c17-10-4-11(18)6-13(5-10)23-15-3-1-2-14(15)22-16-9-20-8-12(7-19)21-16/h4-6,8-9,14-15H,1-3H2,(H,21,22)/t14-,15+/m0/s1. The molecule has 1 heterocycles. The van der Waals surface area contributed by atoms with Crippen LogP contribution in [-0.2, 0) is 0 Å². The summed E-state index contributed by atoms with van der Waals surface area (Å²) in [7, 11) is 0. The summed E-state index contributed by atoms with van der Waals surface area (Å²) in [5.41, 5.74) is 0.220. The van der Waals surface area contributed by atoms with Gasteiger partial charge in [0.25, 0.3) is 0 Å². The van der Waals surface area contributed by atoms with Gasteiger partial charge in [0.2, 0.25) is 0 Å². The fourth-order valence-corrected chi connectivity index (χ4v) is 2.68. The Morgan fingerprint density at radius 3 is 2.70 bits per heavy atom. The third-order valence-corrected chi connectivity index (χ3v) is 3.66. The normalized spacial score (nSPS) is 20.0. The number of nitriles is 1. The zero-order chi connectivity index (χ0) is 16.2. The van der Waals surface area contributed by atoms with Crippen LogP contribution in [0.2, 0.25) is 0 Å². The molecule has 5 nitrogen and oxygen atoms in total. The van der Waals surface area contributed by atoms with Crippen LogP contribution in [0.15, 0.2) is 30.6 Å². The zero-order valence-corrected chi connectivity index (χ0v) is 12.2. The topological polar surface area (TPSA) is 70.8 Å². The van der Waals surface area contributed by atoms with Gasteiger partial charge in [-0.1, -0.05) is 0 Å². The Labute approximate surface area is 131 Å². The maximum absolute atomic E-state index is 13.2. The van der Waals surface area contributed by atoms with Crippen molar-refractivity contribution in [1.29, 1.82) is 5.26 Å². The van der Waals surface area contributed by atoms with Crippen molar-refractivity contribution in [1.82, 2.24) is 9.97 Å². The van der Waals surface area contributed by atoms with Crippen LogP contribution in [0.1, 0.15) is 25.0 Å². The fraction of sp³-hybridized carbons (Fsp3) is 0.312. The summed E-state index contributed by atoms with van der Waals surface area (Å²) in [6.45, 7) is 0. The van der Waals surface area contributed by atoms with Crippen molar-refractivity contribution in [3.05, 3.63) is 47.9 Å². The maximum atomic E-state index is 13.2. The minimum absolute atomic E-state index is 0.0652. The van der Waals surface area contributed by atoms with E-state index in [4.69, 9.17) is 10.00 Å². The quantitative estimate of drug-likeness (QED) is 0.939. The Bertz CT molecular complexity index is 727. The van der Waals surface area contributed by atoms with Gasteiger partial charge >= 0.3 is 0 Å². The van der Waals surface area contributed by atoms with Gasteiger partial charge in [-0.25, -0.2) is 13.8 Å². The molecule has 0 bridgehead atoms. The van der Waals surface area contributed by atoms with Crippen LogP contribution in [0.25, 0.3) is 0 Å². The van der Waals surface area contributed by atoms with E-state index in [-0.39, 0.29) is 23.6 Å². The molecule has 1 aliphatic carbocycles. The lowest BCUT2D eigenvalue weighted by atomic mass is 10.2. The van der Waals surface area contributed by atoms with Gasteiger partial charge in [-0.15, -0.1) is 0 Å². The average Bonchev–Trinajstić information content (AvgIpc) is 2.93. The zero-order valence-electron chi connectivity index (χ0n) is 12.2. The molecule has 0 saturated heterocycles. The minimum atomic E-state index is -0.671. The number of anilines is 1. The molecule has 1 fully saturated rings. The molecule has 2 aromatic rings. The average molecular weight is 316 g/mol. The van der Waals surface area contributed by atoms with Crippen molar-refractivity contribution in [3.8, 4) is 11.8 Å². The van der Waals surface area contributed by atoms with Gasteiger partial charge in [0.05, 0.1) is 18.4 Å². The molecular formula is C16H14F2N4O. The summed E-state index contributed by atoms with van der Waals surface area (Å²) < 4.78 is 32.2. The van der Waals surface area contributed by atoms with Crippen LogP contribution in [0.5, 0.6) is 5.75 Å². The molecular weight excluding hydrogens is 302 g/mol. The molecule has 0 amide bonds. The number of hydrogen-bond acceptors (Lipinski definition) is 5. The number of halogens is 2. The highest BCUT2D eigenvalue weighted by atomic mass is 19.1. The third-order valence-electron chi connectivity index (χ3n) is 3.66. The highest BCUT2D eigenvalue weighted by Crippen LogP contribution is 2.27. The summed E-state index contributed by atoms with van der Waals surface area (Å²) in [6, 6.07) is 4.99. The van der Waals surface area contributed by atoms with E-state index in [1.807, 2.05) is 6.07 Å². The number of ether oxygens (including phenoxy) is 1. The molecule has 0 unspecified atom stereocenters. The van der Waals surface area contributed by atoms with Crippen molar-refractivity contribution in [3.63, 3.8) is 0 Å². The van der Waals surface area contributed by atoms with Gasteiger partial charge < -0.3 is 10.1 Å². The Morgan fingerprint density at radius 1 is 1.17 bits per heavy atom. The summed E-state index contributed by atoms with van der Waals surface area (Å²) in [5, 5.41) is 12.0. The van der Waals surface area contributed by atoms with Crippen LogP contribution in [0.4, 0.5) is 14.6 Å². The number of aromatic nitrogens is 2. The summed E-state index contributed by atoms with van der Waals surface area (Å²) in [6.07, 6.45) is 5.19. The molecule has 1 aliphatic rings. The third kappa shape index (κ3) is 3.72. The van der Waals surface area contributed by atoms with E-state index < -0.39 is 11.6 Å². The number of rotatable bonds is 4. The van der Waals surface area contributed by atoms with Gasteiger partial charge in [-0.05, 0) is 19.3 Å². The lowest BCUT2D eigenvalue weighted by Crippen LogP contribution is -2.33. The first kappa shape index (κ1) is 15.2. The van der Waals surface area contributed by atoms with Crippen LogP contribution in [-0.4, -0.2) is 22.1 Å². The van der Waals surface area contributed by atoms with Crippen LogP contribution < -0.4 is 10.1 Å². The SMILES string of the molecule is N#Cc1cncc(N[C@H]2CCC[C@H]2Oc2cc(F)cc(F)c2)n1. The molecule has 0 spiro atoms. The Kier molecular flexibility index (Phi) is 4.33. The lowest BCUT2D eigenvalue weighted by Gasteiger charge is -2.22. The highest BCUT2D eigenvalue weighted by Gasteiger charge is 2.29. The number of benzene rings is 1. The van der Waals surface area contributed by atoms with E-state index in [1.165, 1.54) is 12.4 Å². The molecule has 3 rings (SSSR count). The molecule has 7 heteroatoms. The molecule has 1 aromatic heterocycles. The monoisotopic (exact) mass is 316 g/mol. The van der Waals surface area contributed by atoms with Crippen LogP contribution >= 0.6 is 0 Å². The Morgan fingerprint density at radius 2 is 1.96 bits per heavy atom. The first-order chi connectivity index (χ1) is 11.1. The van der Waals surface area contributed by atoms with Gasteiger partial charge in [0.1, 0.15) is 35.4 Å². The molecule has 0 aliphatic heterocycles.